The summed E-state index contributed by atoms with van der Waals surface area (Å²) in [7, 11) is 0. The highest BCUT2D eigenvalue weighted by molar-refractivity contribution is 7.99. The van der Waals surface area contributed by atoms with Gasteiger partial charge in [0.1, 0.15) is 6.07 Å². The van der Waals surface area contributed by atoms with Gasteiger partial charge in [0.05, 0.1) is 16.3 Å². The molecule has 0 aliphatic heterocycles. The molecule has 0 N–H and O–H groups in total. The molecule has 0 unspecified atom stereocenters. The minimum absolute atomic E-state index is 0.244. The van der Waals surface area contributed by atoms with E-state index in [2.05, 4.69) is 41.7 Å². The standard InChI is InChI=1S/C18H16N2S/c1-2-21-18(14-8-4-3-5-9-14)17-12-15(13-19)16-10-6-7-11-20(16)17/h3-12,18H,2H2,1H3/t18-/m1/s1. The maximum atomic E-state index is 9.36. The van der Waals surface area contributed by atoms with Crippen LogP contribution in [0.5, 0.6) is 0 Å². The Morgan fingerprint density at radius 3 is 2.62 bits per heavy atom. The van der Waals surface area contributed by atoms with Gasteiger partial charge >= 0.3 is 0 Å². The molecule has 0 saturated heterocycles. The Kier molecular flexibility index (Phi) is 3.98. The SMILES string of the molecule is CCS[C@H](c1ccccc1)c1cc(C#N)c2ccccn12. The number of hydrogen-bond donors (Lipinski definition) is 0. The Hall–Kier alpha value is -2.18. The highest BCUT2D eigenvalue weighted by Gasteiger charge is 2.19. The minimum atomic E-state index is 0.244. The topological polar surface area (TPSA) is 28.2 Å². The first-order valence-corrected chi connectivity index (χ1v) is 8.06. The predicted molar refractivity (Wildman–Crippen MR) is 88.5 cm³/mol. The molecule has 1 aromatic carbocycles. The van der Waals surface area contributed by atoms with E-state index in [9.17, 15) is 5.26 Å². The fraction of sp³-hybridized carbons (Fsp3) is 0.167. The molecule has 0 amide bonds. The normalized spacial score (nSPS) is 12.2. The third-order valence-electron chi connectivity index (χ3n) is 3.53. The molecule has 0 radical (unpaired) electrons. The molecule has 0 spiro atoms. The van der Waals surface area contributed by atoms with E-state index in [4.69, 9.17) is 0 Å². The number of nitrogens with zero attached hydrogens (tertiary/aromatic N) is 2. The number of nitriles is 1. The number of hydrogen-bond acceptors (Lipinski definition) is 2. The van der Waals surface area contributed by atoms with Gasteiger partial charge in [-0.25, -0.2) is 0 Å². The first kappa shape index (κ1) is 13.8. The number of aromatic nitrogens is 1. The number of rotatable bonds is 4. The van der Waals surface area contributed by atoms with Crippen LogP contribution in [0, 0.1) is 11.3 Å². The molecule has 21 heavy (non-hydrogen) atoms. The Morgan fingerprint density at radius 2 is 1.90 bits per heavy atom. The van der Waals surface area contributed by atoms with Gasteiger partial charge in [0.15, 0.2) is 0 Å². The number of pyridine rings is 1. The molecule has 2 heterocycles. The molecule has 0 fully saturated rings. The monoisotopic (exact) mass is 292 g/mol. The summed E-state index contributed by atoms with van der Waals surface area (Å²) < 4.78 is 2.14. The van der Waals surface area contributed by atoms with Crippen LogP contribution in [0.1, 0.15) is 29.0 Å². The molecule has 3 aromatic rings. The second kappa shape index (κ2) is 6.07. The third kappa shape index (κ3) is 2.55. The van der Waals surface area contributed by atoms with Crippen molar-refractivity contribution >= 4 is 17.3 Å². The van der Waals surface area contributed by atoms with Gasteiger partial charge in [0, 0.05) is 11.9 Å². The van der Waals surface area contributed by atoms with Crippen molar-refractivity contribution in [1.29, 1.82) is 5.26 Å². The molecule has 3 rings (SSSR count). The lowest BCUT2D eigenvalue weighted by Crippen LogP contribution is -2.01. The molecule has 3 heteroatoms. The number of fused-ring (bicyclic) bond motifs is 1. The van der Waals surface area contributed by atoms with Gasteiger partial charge < -0.3 is 4.40 Å². The molecular weight excluding hydrogens is 276 g/mol. The van der Waals surface area contributed by atoms with Crippen molar-refractivity contribution in [2.45, 2.75) is 12.2 Å². The second-order valence-electron chi connectivity index (χ2n) is 4.80. The van der Waals surface area contributed by atoms with Crippen LogP contribution in [0.25, 0.3) is 5.52 Å². The molecule has 2 aromatic heterocycles. The van der Waals surface area contributed by atoms with E-state index in [-0.39, 0.29) is 5.25 Å². The zero-order valence-electron chi connectivity index (χ0n) is 11.9. The molecule has 0 aliphatic rings. The van der Waals surface area contributed by atoms with E-state index >= 15 is 0 Å². The Bertz CT molecular complexity index is 784. The number of thioether (sulfide) groups is 1. The largest absolute Gasteiger partial charge is 0.318 e. The van der Waals surface area contributed by atoms with Crippen molar-refractivity contribution < 1.29 is 0 Å². The molecular formula is C18H16N2S. The first-order chi connectivity index (χ1) is 10.3. The van der Waals surface area contributed by atoms with Gasteiger partial charge in [0.25, 0.3) is 0 Å². The summed E-state index contributed by atoms with van der Waals surface area (Å²) in [4.78, 5) is 0. The van der Waals surface area contributed by atoms with Gasteiger partial charge in [0.2, 0.25) is 0 Å². The fourth-order valence-electron chi connectivity index (χ4n) is 2.62. The summed E-state index contributed by atoms with van der Waals surface area (Å²) in [6.45, 7) is 2.17. The molecule has 0 saturated carbocycles. The van der Waals surface area contributed by atoms with Crippen LogP contribution in [-0.4, -0.2) is 10.2 Å². The van der Waals surface area contributed by atoms with E-state index in [0.717, 1.165) is 16.8 Å². The second-order valence-corrected chi connectivity index (χ2v) is 6.18. The van der Waals surface area contributed by atoms with Crippen molar-refractivity contribution in [3.8, 4) is 6.07 Å². The van der Waals surface area contributed by atoms with E-state index in [1.165, 1.54) is 11.3 Å². The van der Waals surface area contributed by atoms with Crippen LogP contribution in [0.4, 0.5) is 0 Å². The lowest BCUT2D eigenvalue weighted by molar-refractivity contribution is 1.01. The summed E-state index contributed by atoms with van der Waals surface area (Å²) in [5.74, 6) is 1.03. The van der Waals surface area contributed by atoms with E-state index in [1.54, 1.807) is 0 Å². The van der Waals surface area contributed by atoms with Crippen LogP contribution in [0.15, 0.2) is 60.8 Å². The third-order valence-corrected chi connectivity index (χ3v) is 4.71. The fourth-order valence-corrected chi connectivity index (χ4v) is 3.65. The molecule has 0 aliphatic carbocycles. The van der Waals surface area contributed by atoms with Crippen LogP contribution in [0.3, 0.4) is 0 Å². The van der Waals surface area contributed by atoms with E-state index in [1.807, 2.05) is 48.3 Å². The molecule has 0 bridgehead atoms. The molecule has 2 nitrogen and oxygen atoms in total. The summed E-state index contributed by atoms with van der Waals surface area (Å²) in [6, 6.07) is 20.8. The van der Waals surface area contributed by atoms with Gasteiger partial charge in [-0.2, -0.15) is 5.26 Å². The summed E-state index contributed by atoms with van der Waals surface area (Å²) in [6.07, 6.45) is 2.04. The van der Waals surface area contributed by atoms with Crippen LogP contribution in [0.2, 0.25) is 0 Å². The van der Waals surface area contributed by atoms with Crippen LogP contribution >= 0.6 is 11.8 Å². The maximum absolute atomic E-state index is 9.36. The van der Waals surface area contributed by atoms with Crippen molar-refractivity contribution in [3.05, 3.63) is 77.6 Å². The quantitative estimate of drug-likeness (QED) is 0.700. The first-order valence-electron chi connectivity index (χ1n) is 7.01. The van der Waals surface area contributed by atoms with E-state index in [0.29, 0.717) is 0 Å². The Morgan fingerprint density at radius 1 is 1.14 bits per heavy atom. The Labute approximate surface area is 129 Å². The van der Waals surface area contributed by atoms with Gasteiger partial charge in [-0.15, -0.1) is 11.8 Å². The maximum Gasteiger partial charge on any atom is 0.101 e. The lowest BCUT2D eigenvalue weighted by atomic mass is 10.1. The minimum Gasteiger partial charge on any atom is -0.318 e. The smallest absolute Gasteiger partial charge is 0.101 e. The highest BCUT2D eigenvalue weighted by atomic mass is 32.2. The zero-order valence-corrected chi connectivity index (χ0v) is 12.7. The van der Waals surface area contributed by atoms with Crippen molar-refractivity contribution in [1.82, 2.24) is 4.40 Å². The molecule has 104 valence electrons. The van der Waals surface area contributed by atoms with Crippen molar-refractivity contribution in [2.24, 2.45) is 0 Å². The van der Waals surface area contributed by atoms with Crippen molar-refractivity contribution in [3.63, 3.8) is 0 Å². The van der Waals surface area contributed by atoms with Gasteiger partial charge in [-0.3, -0.25) is 0 Å². The summed E-state index contributed by atoms with van der Waals surface area (Å²) in [5.41, 5.74) is 4.16. The van der Waals surface area contributed by atoms with Crippen LogP contribution < -0.4 is 0 Å². The predicted octanol–water partition coefficient (Wildman–Crippen LogP) is 4.65. The van der Waals surface area contributed by atoms with Gasteiger partial charge in [-0.05, 0) is 29.5 Å². The summed E-state index contributed by atoms with van der Waals surface area (Å²) in [5, 5.41) is 9.60. The summed E-state index contributed by atoms with van der Waals surface area (Å²) >= 11 is 1.89. The average molecular weight is 292 g/mol. The lowest BCUT2D eigenvalue weighted by Gasteiger charge is -2.16. The Balaban J connectivity index is 2.19. The molecule has 1 atom stereocenters. The average Bonchev–Trinajstić information content (AvgIpc) is 2.92. The van der Waals surface area contributed by atoms with Crippen LogP contribution in [-0.2, 0) is 0 Å². The van der Waals surface area contributed by atoms with E-state index < -0.39 is 0 Å². The zero-order chi connectivity index (χ0) is 14.7. The van der Waals surface area contributed by atoms with Crippen molar-refractivity contribution in [2.75, 3.05) is 5.75 Å². The number of benzene rings is 1. The van der Waals surface area contributed by atoms with Gasteiger partial charge in [-0.1, -0.05) is 43.3 Å². The highest BCUT2D eigenvalue weighted by Crippen LogP contribution is 2.37.